The highest BCUT2D eigenvalue weighted by molar-refractivity contribution is 6.09. The predicted octanol–water partition coefficient (Wildman–Crippen LogP) is 1.97. The quantitative estimate of drug-likeness (QED) is 0.425. The van der Waals surface area contributed by atoms with Crippen molar-refractivity contribution in [2.75, 3.05) is 58.4 Å². The Labute approximate surface area is 201 Å². The number of Topliss-reactive ketones (excluding diaryl/α,β-unsaturated/α-hetero) is 1. The van der Waals surface area contributed by atoms with Crippen LogP contribution in [0.1, 0.15) is 32.1 Å². The van der Waals surface area contributed by atoms with Gasteiger partial charge in [-0.05, 0) is 44.4 Å². The van der Waals surface area contributed by atoms with Gasteiger partial charge in [-0.1, -0.05) is 12.1 Å². The number of methoxy groups -OCH3 is 2. The second-order valence-electron chi connectivity index (χ2n) is 10.1. The van der Waals surface area contributed by atoms with Gasteiger partial charge < -0.3 is 14.4 Å². The first-order chi connectivity index (χ1) is 16.5. The van der Waals surface area contributed by atoms with Crippen LogP contribution in [0, 0.1) is 17.8 Å². The molecule has 184 valence electrons. The average molecular weight is 470 g/mol. The molecule has 6 rings (SSSR count). The van der Waals surface area contributed by atoms with Crippen LogP contribution in [-0.2, 0) is 19.1 Å². The van der Waals surface area contributed by atoms with E-state index in [0.29, 0.717) is 19.4 Å². The number of nitrogens with zero attached hydrogens (tertiary/aromatic N) is 3. The van der Waals surface area contributed by atoms with E-state index in [4.69, 9.17) is 9.47 Å². The van der Waals surface area contributed by atoms with Crippen LogP contribution in [0.15, 0.2) is 24.3 Å². The highest BCUT2D eigenvalue weighted by Crippen LogP contribution is 2.55. The first kappa shape index (κ1) is 23.3. The predicted molar refractivity (Wildman–Crippen MR) is 127 cm³/mol. The molecular weight excluding hydrogens is 434 g/mol. The highest BCUT2D eigenvalue weighted by atomic mass is 16.5. The molecule has 3 saturated carbocycles. The molecule has 34 heavy (non-hydrogen) atoms. The van der Waals surface area contributed by atoms with Crippen molar-refractivity contribution >= 4 is 23.3 Å². The fraction of sp³-hybridized carbons (Fsp3) is 0.654. The number of likely N-dealkylation sites (tertiary alicyclic amines) is 1. The van der Waals surface area contributed by atoms with E-state index in [2.05, 4.69) is 15.9 Å². The summed E-state index contributed by atoms with van der Waals surface area (Å²) in [6.45, 7) is 5.23. The lowest BCUT2D eigenvalue weighted by Crippen LogP contribution is -2.59. The zero-order valence-electron chi connectivity index (χ0n) is 20.2. The fourth-order valence-corrected chi connectivity index (χ4v) is 6.66. The van der Waals surface area contributed by atoms with Crippen molar-refractivity contribution in [3.05, 3.63) is 24.3 Å². The molecule has 8 nitrogen and oxygen atoms in total. The van der Waals surface area contributed by atoms with Crippen LogP contribution in [0.3, 0.4) is 0 Å². The van der Waals surface area contributed by atoms with Crippen LogP contribution in [-0.4, -0.2) is 86.5 Å². The molecule has 0 radical (unpaired) electrons. The summed E-state index contributed by atoms with van der Waals surface area (Å²) in [5.74, 6) is -0.580. The SMILES string of the molecule is COc1ccccc1N1CCN(CCCCN2C(=O)C3C(C2=O)[C@]2(OC)CC[C@H]3C(=O)C2)CC1. The third kappa shape index (κ3) is 3.81. The molecule has 2 heterocycles. The summed E-state index contributed by atoms with van der Waals surface area (Å²) in [5.41, 5.74) is 0.359. The molecule has 1 aromatic carbocycles. The minimum Gasteiger partial charge on any atom is -0.495 e. The third-order valence-corrected chi connectivity index (χ3v) is 8.52. The Balaban J connectivity index is 1.11. The van der Waals surface area contributed by atoms with E-state index >= 15 is 0 Å². The van der Waals surface area contributed by atoms with E-state index in [1.807, 2.05) is 18.2 Å². The number of fused-ring (bicyclic) bond motifs is 2. The van der Waals surface area contributed by atoms with Crippen LogP contribution in [0.4, 0.5) is 5.69 Å². The smallest absolute Gasteiger partial charge is 0.236 e. The first-order valence-corrected chi connectivity index (χ1v) is 12.5. The van der Waals surface area contributed by atoms with E-state index in [-0.39, 0.29) is 29.9 Å². The standard InChI is InChI=1S/C26H35N3O5/c1-33-21-8-4-3-7-19(21)28-15-13-27(14-16-28)11-5-6-12-29-24(31)22-18-9-10-26(34-2,17-20(18)30)23(22)25(29)32/h3-4,7-8,18,22-23H,5-6,9-17H2,1-2H3/t18-,22?,23?,26-/m0/s1. The van der Waals surface area contributed by atoms with E-state index < -0.39 is 17.4 Å². The summed E-state index contributed by atoms with van der Waals surface area (Å²) in [6, 6.07) is 8.12. The summed E-state index contributed by atoms with van der Waals surface area (Å²) in [4.78, 5) is 45.1. The molecule has 3 aliphatic carbocycles. The van der Waals surface area contributed by atoms with E-state index in [0.717, 1.165) is 57.0 Å². The van der Waals surface area contributed by atoms with Gasteiger partial charge in [0.15, 0.2) is 0 Å². The van der Waals surface area contributed by atoms with Gasteiger partial charge in [-0.3, -0.25) is 24.2 Å². The number of para-hydroxylation sites is 2. The summed E-state index contributed by atoms with van der Waals surface area (Å²) < 4.78 is 11.2. The van der Waals surface area contributed by atoms with Crippen molar-refractivity contribution in [1.29, 1.82) is 0 Å². The van der Waals surface area contributed by atoms with Crippen molar-refractivity contribution in [2.24, 2.45) is 17.8 Å². The van der Waals surface area contributed by atoms with E-state index in [9.17, 15) is 14.4 Å². The molecule has 0 aromatic heterocycles. The lowest BCUT2D eigenvalue weighted by Gasteiger charge is -2.49. The molecule has 2 aliphatic heterocycles. The van der Waals surface area contributed by atoms with E-state index in [1.165, 1.54) is 4.90 Å². The number of ether oxygens (including phenoxy) is 2. The maximum atomic E-state index is 13.2. The molecule has 5 fully saturated rings. The number of anilines is 1. The number of benzene rings is 1. The maximum Gasteiger partial charge on any atom is 0.236 e. The van der Waals surface area contributed by atoms with Gasteiger partial charge in [-0.15, -0.1) is 0 Å². The van der Waals surface area contributed by atoms with Crippen molar-refractivity contribution in [2.45, 2.75) is 37.7 Å². The van der Waals surface area contributed by atoms with Crippen LogP contribution in [0.2, 0.25) is 0 Å². The number of imide groups is 1. The minimum atomic E-state index is -0.779. The molecule has 4 atom stereocenters. The van der Waals surface area contributed by atoms with Crippen molar-refractivity contribution in [3.63, 3.8) is 0 Å². The number of hydrogen-bond donors (Lipinski definition) is 0. The lowest BCUT2D eigenvalue weighted by atomic mass is 9.56. The minimum absolute atomic E-state index is 0.0876. The number of carbonyl (C=O) groups excluding carboxylic acids is 3. The molecule has 2 bridgehead atoms. The van der Waals surface area contributed by atoms with Gasteiger partial charge in [0.05, 0.1) is 30.2 Å². The first-order valence-electron chi connectivity index (χ1n) is 12.5. The largest absolute Gasteiger partial charge is 0.495 e. The van der Waals surface area contributed by atoms with Gasteiger partial charge in [-0.25, -0.2) is 0 Å². The number of piperazine rings is 1. The van der Waals surface area contributed by atoms with Gasteiger partial charge in [0.2, 0.25) is 11.8 Å². The van der Waals surface area contributed by atoms with Crippen LogP contribution >= 0.6 is 0 Å². The molecule has 2 saturated heterocycles. The van der Waals surface area contributed by atoms with Gasteiger partial charge in [0.25, 0.3) is 0 Å². The molecule has 0 N–H and O–H groups in total. The number of amides is 2. The Morgan fingerprint density at radius 3 is 2.41 bits per heavy atom. The number of hydrogen-bond acceptors (Lipinski definition) is 7. The highest BCUT2D eigenvalue weighted by Gasteiger charge is 2.67. The van der Waals surface area contributed by atoms with Crippen molar-refractivity contribution < 1.29 is 23.9 Å². The second-order valence-corrected chi connectivity index (χ2v) is 10.1. The number of ketones is 1. The lowest BCUT2D eigenvalue weighted by molar-refractivity contribution is -0.174. The van der Waals surface area contributed by atoms with Crippen LogP contribution < -0.4 is 9.64 Å². The van der Waals surface area contributed by atoms with E-state index in [1.54, 1.807) is 14.2 Å². The summed E-state index contributed by atoms with van der Waals surface area (Å²) in [6.07, 6.45) is 3.32. The number of carbonyl (C=O) groups is 3. The number of rotatable bonds is 8. The van der Waals surface area contributed by atoms with Crippen LogP contribution in [0.5, 0.6) is 5.75 Å². The second kappa shape index (κ2) is 9.30. The zero-order chi connectivity index (χ0) is 23.9. The van der Waals surface area contributed by atoms with Crippen molar-refractivity contribution in [1.82, 2.24) is 9.80 Å². The van der Waals surface area contributed by atoms with Crippen molar-refractivity contribution in [3.8, 4) is 5.75 Å². The van der Waals surface area contributed by atoms with Gasteiger partial charge in [0.1, 0.15) is 11.5 Å². The van der Waals surface area contributed by atoms with Gasteiger partial charge in [0, 0.05) is 52.2 Å². The fourth-order valence-electron chi connectivity index (χ4n) is 6.66. The molecule has 0 spiro atoms. The Kier molecular flexibility index (Phi) is 6.37. The molecule has 5 aliphatic rings. The Morgan fingerprint density at radius 1 is 0.971 bits per heavy atom. The molecule has 2 unspecified atom stereocenters. The summed E-state index contributed by atoms with van der Waals surface area (Å²) >= 11 is 0. The zero-order valence-corrected chi connectivity index (χ0v) is 20.2. The van der Waals surface area contributed by atoms with Gasteiger partial charge in [-0.2, -0.15) is 0 Å². The Bertz CT molecular complexity index is 960. The maximum absolute atomic E-state index is 13.2. The van der Waals surface area contributed by atoms with Gasteiger partial charge >= 0.3 is 0 Å². The monoisotopic (exact) mass is 469 g/mol. The topological polar surface area (TPSA) is 79.4 Å². The normalized spacial score (nSPS) is 31.4. The molecule has 1 aromatic rings. The Hall–Kier alpha value is -2.45. The Morgan fingerprint density at radius 2 is 1.71 bits per heavy atom. The van der Waals surface area contributed by atoms with Crippen LogP contribution in [0.25, 0.3) is 0 Å². The molecule has 2 amide bonds. The molecular formula is C26H35N3O5. The summed E-state index contributed by atoms with van der Waals surface area (Å²) in [7, 11) is 3.28. The summed E-state index contributed by atoms with van der Waals surface area (Å²) in [5, 5.41) is 0. The third-order valence-electron chi connectivity index (χ3n) is 8.52. The number of unbranched alkanes of at least 4 members (excludes halogenated alkanes) is 1. The molecule has 8 heteroatoms. The average Bonchev–Trinajstić information content (AvgIpc) is 3.13.